The van der Waals surface area contributed by atoms with Gasteiger partial charge in [0.2, 0.25) is 5.91 Å². The van der Waals surface area contributed by atoms with Crippen molar-refractivity contribution in [2.75, 3.05) is 18.4 Å². The molecule has 8 heteroatoms. The van der Waals surface area contributed by atoms with Crippen molar-refractivity contribution in [1.29, 1.82) is 0 Å². The van der Waals surface area contributed by atoms with Crippen molar-refractivity contribution in [3.8, 4) is 0 Å². The lowest BCUT2D eigenvalue weighted by atomic mass is 9.83. The molecule has 2 N–H and O–H groups in total. The Bertz CT molecular complexity index is 1290. The van der Waals surface area contributed by atoms with E-state index in [1.54, 1.807) is 41.3 Å². The number of carbonyl (C=O) groups is 2. The summed E-state index contributed by atoms with van der Waals surface area (Å²) in [5.74, 6) is 0.00791. The number of pyridine rings is 1. The quantitative estimate of drug-likeness (QED) is 0.569. The number of nitrogens with one attached hydrogen (secondary N) is 2. The van der Waals surface area contributed by atoms with Crippen LogP contribution in [0.3, 0.4) is 0 Å². The van der Waals surface area contributed by atoms with Crippen LogP contribution in [0.1, 0.15) is 23.6 Å². The van der Waals surface area contributed by atoms with Gasteiger partial charge in [0.1, 0.15) is 6.04 Å². The minimum absolute atomic E-state index is 0.00992. The minimum atomic E-state index is -0.763. The number of halogens is 1. The van der Waals surface area contributed by atoms with Gasteiger partial charge in [0.15, 0.2) is 0 Å². The number of urea groups is 1. The van der Waals surface area contributed by atoms with Gasteiger partial charge in [-0.25, -0.2) is 4.79 Å². The second-order valence-corrected chi connectivity index (χ2v) is 9.73. The summed E-state index contributed by atoms with van der Waals surface area (Å²) in [6, 6.07) is 20.8. The summed E-state index contributed by atoms with van der Waals surface area (Å²) in [6.07, 6.45) is 1.31. The fourth-order valence-corrected chi connectivity index (χ4v) is 5.35. The smallest absolute Gasteiger partial charge is 0.318 e. The lowest BCUT2D eigenvalue weighted by Crippen LogP contribution is -2.55. The summed E-state index contributed by atoms with van der Waals surface area (Å²) >= 11 is 6.07. The zero-order valence-corrected chi connectivity index (χ0v) is 19.9. The third-order valence-corrected chi connectivity index (χ3v) is 6.99. The third-order valence-electron chi connectivity index (χ3n) is 6.76. The van der Waals surface area contributed by atoms with E-state index in [4.69, 9.17) is 11.6 Å². The minimum Gasteiger partial charge on any atom is -0.326 e. The summed E-state index contributed by atoms with van der Waals surface area (Å²) in [6.45, 7) is 1.68. The number of aromatic nitrogens is 1. The highest BCUT2D eigenvalue weighted by atomic mass is 35.5. The van der Waals surface area contributed by atoms with Gasteiger partial charge in [-0.2, -0.15) is 0 Å². The van der Waals surface area contributed by atoms with Crippen molar-refractivity contribution in [2.24, 2.45) is 5.92 Å². The Morgan fingerprint density at radius 2 is 1.77 bits per heavy atom. The maximum absolute atomic E-state index is 13.4. The van der Waals surface area contributed by atoms with Crippen molar-refractivity contribution in [2.45, 2.75) is 31.3 Å². The van der Waals surface area contributed by atoms with Gasteiger partial charge in [0, 0.05) is 54.4 Å². The van der Waals surface area contributed by atoms with E-state index in [1.807, 2.05) is 41.0 Å². The van der Waals surface area contributed by atoms with Gasteiger partial charge in [-0.15, -0.1) is 0 Å². The van der Waals surface area contributed by atoms with Crippen LogP contribution in [-0.4, -0.2) is 40.5 Å². The van der Waals surface area contributed by atoms with Crippen molar-refractivity contribution in [3.63, 3.8) is 0 Å². The highest BCUT2D eigenvalue weighted by Gasteiger charge is 2.37. The molecule has 7 nitrogen and oxygen atoms in total. The molecule has 2 bridgehead atoms. The molecular formula is C27H27ClN4O3. The van der Waals surface area contributed by atoms with E-state index < -0.39 is 6.04 Å². The van der Waals surface area contributed by atoms with Crippen molar-refractivity contribution in [1.82, 2.24) is 14.8 Å². The average Bonchev–Trinajstić information content (AvgIpc) is 2.85. The van der Waals surface area contributed by atoms with Crippen LogP contribution in [0.25, 0.3) is 0 Å². The first-order valence-electron chi connectivity index (χ1n) is 11.8. The predicted molar refractivity (Wildman–Crippen MR) is 136 cm³/mol. The molecule has 3 amide bonds. The van der Waals surface area contributed by atoms with Crippen LogP contribution in [0.15, 0.2) is 77.6 Å². The monoisotopic (exact) mass is 490 g/mol. The molecule has 35 heavy (non-hydrogen) atoms. The molecular weight excluding hydrogens is 464 g/mol. The number of carbonyl (C=O) groups excluding carboxylic acids is 2. The molecule has 0 saturated carbocycles. The van der Waals surface area contributed by atoms with Gasteiger partial charge >= 0.3 is 6.03 Å². The largest absolute Gasteiger partial charge is 0.326 e. The molecule has 3 heterocycles. The number of nitrogens with zero attached hydrogens (tertiary/aromatic N) is 2. The first-order chi connectivity index (χ1) is 17.0. The number of fused-ring (bicyclic) bond motifs is 4. The number of piperidine rings is 1. The van der Waals surface area contributed by atoms with Gasteiger partial charge in [-0.3, -0.25) is 9.59 Å². The number of benzene rings is 2. The van der Waals surface area contributed by atoms with E-state index in [0.717, 1.165) is 17.7 Å². The fourth-order valence-electron chi connectivity index (χ4n) is 5.16. The number of anilines is 1. The van der Waals surface area contributed by atoms with Crippen LogP contribution in [0, 0.1) is 5.92 Å². The molecule has 2 unspecified atom stereocenters. The van der Waals surface area contributed by atoms with Crippen LogP contribution < -0.4 is 16.2 Å². The number of hydrogen-bond donors (Lipinski definition) is 2. The van der Waals surface area contributed by atoms with Crippen LogP contribution in [0.4, 0.5) is 10.5 Å². The summed E-state index contributed by atoms with van der Waals surface area (Å²) in [7, 11) is 0. The Hall–Kier alpha value is -3.58. The predicted octanol–water partition coefficient (Wildman–Crippen LogP) is 3.88. The molecule has 2 aliphatic heterocycles. The summed E-state index contributed by atoms with van der Waals surface area (Å²) in [5.41, 5.74) is 2.51. The SMILES string of the molecule is O=C(Nc1cccc(Cl)c1)[C@H](Cc1ccccc1)NC(=O)N1CC2CC(C1)c1cccc(=O)n1C2. The first-order valence-corrected chi connectivity index (χ1v) is 12.2. The molecule has 2 aliphatic rings. The van der Waals surface area contributed by atoms with E-state index >= 15 is 0 Å². The first kappa shape index (κ1) is 23.2. The lowest BCUT2D eigenvalue weighted by molar-refractivity contribution is -0.118. The zero-order chi connectivity index (χ0) is 24.4. The molecule has 0 radical (unpaired) electrons. The van der Waals surface area contributed by atoms with E-state index in [0.29, 0.717) is 36.8 Å². The van der Waals surface area contributed by atoms with E-state index in [1.165, 1.54) is 0 Å². The van der Waals surface area contributed by atoms with E-state index in [2.05, 4.69) is 10.6 Å². The molecule has 1 fully saturated rings. The molecule has 1 aromatic heterocycles. The van der Waals surface area contributed by atoms with Crippen molar-refractivity contribution in [3.05, 3.63) is 99.4 Å². The molecule has 5 rings (SSSR count). The second-order valence-electron chi connectivity index (χ2n) is 9.29. The maximum Gasteiger partial charge on any atom is 0.318 e. The second kappa shape index (κ2) is 9.96. The van der Waals surface area contributed by atoms with Crippen LogP contribution >= 0.6 is 11.6 Å². The fraction of sp³-hybridized carbons (Fsp3) is 0.296. The van der Waals surface area contributed by atoms with Crippen molar-refractivity contribution < 1.29 is 9.59 Å². The van der Waals surface area contributed by atoms with Gasteiger partial charge in [-0.05, 0) is 42.2 Å². The van der Waals surface area contributed by atoms with Gasteiger partial charge < -0.3 is 20.1 Å². The maximum atomic E-state index is 13.4. The Kier molecular flexibility index (Phi) is 6.59. The molecule has 1 saturated heterocycles. The Morgan fingerprint density at radius 3 is 2.57 bits per heavy atom. The van der Waals surface area contributed by atoms with E-state index in [9.17, 15) is 14.4 Å². The van der Waals surface area contributed by atoms with Crippen LogP contribution in [-0.2, 0) is 17.8 Å². The van der Waals surface area contributed by atoms with Gasteiger partial charge in [0.25, 0.3) is 5.56 Å². The number of hydrogen-bond acceptors (Lipinski definition) is 3. The standard InChI is InChI=1S/C27H27ClN4O3/c28-21-8-4-9-22(14-21)29-26(34)23(13-18-6-2-1-3-7-18)30-27(35)31-15-19-12-20(17-31)24-10-5-11-25(33)32(24)16-19/h1-11,14,19-20,23H,12-13,15-17H2,(H,29,34)(H,30,35)/t19?,20?,23-/m0/s1. The number of rotatable bonds is 5. The van der Waals surface area contributed by atoms with E-state index in [-0.39, 0.29) is 29.3 Å². The Balaban J connectivity index is 1.32. The molecule has 0 spiro atoms. The molecule has 3 atom stereocenters. The summed E-state index contributed by atoms with van der Waals surface area (Å²) < 4.78 is 1.84. The van der Waals surface area contributed by atoms with Gasteiger partial charge in [-0.1, -0.05) is 54.1 Å². The normalized spacial score (nSPS) is 19.4. The van der Waals surface area contributed by atoms with Crippen LogP contribution in [0.5, 0.6) is 0 Å². The van der Waals surface area contributed by atoms with Gasteiger partial charge in [0.05, 0.1) is 0 Å². The van der Waals surface area contributed by atoms with Crippen LogP contribution in [0.2, 0.25) is 5.02 Å². The number of likely N-dealkylation sites (tertiary alicyclic amines) is 1. The van der Waals surface area contributed by atoms with Crippen molar-refractivity contribution >= 4 is 29.2 Å². The lowest BCUT2D eigenvalue weighted by Gasteiger charge is -2.43. The number of amides is 3. The average molecular weight is 491 g/mol. The summed E-state index contributed by atoms with van der Waals surface area (Å²) in [4.78, 5) is 40.7. The topological polar surface area (TPSA) is 83.4 Å². The molecule has 180 valence electrons. The molecule has 2 aromatic carbocycles. The molecule has 3 aromatic rings. The molecule has 0 aliphatic carbocycles. The highest BCUT2D eigenvalue weighted by molar-refractivity contribution is 6.30. The summed E-state index contributed by atoms with van der Waals surface area (Å²) in [5, 5.41) is 6.36. The highest BCUT2D eigenvalue weighted by Crippen LogP contribution is 2.34. The third kappa shape index (κ3) is 5.25. The Labute approximate surface area is 208 Å². The zero-order valence-electron chi connectivity index (χ0n) is 19.2. The Morgan fingerprint density at radius 1 is 0.971 bits per heavy atom.